The van der Waals surface area contributed by atoms with Crippen molar-refractivity contribution >= 4 is 46.4 Å². The van der Waals surface area contributed by atoms with Crippen LogP contribution in [0.15, 0.2) is 30.3 Å². The third kappa shape index (κ3) is 4.47. The predicted molar refractivity (Wildman–Crippen MR) is 95.0 cm³/mol. The van der Waals surface area contributed by atoms with Gasteiger partial charge in [-0.2, -0.15) is 0 Å². The van der Waals surface area contributed by atoms with Gasteiger partial charge in [-0.15, -0.1) is 0 Å². The van der Waals surface area contributed by atoms with E-state index in [1.807, 2.05) is 24.3 Å². The standard InChI is InChI=1S/C15H15Cl2N3OS/c1-9-12(16)7-13(17)14(19-9)20-15(22)18-8-10-3-5-11(21-2)6-4-10/h3-7H,8H2,1-2H3,(H2,18,19,20,22). The van der Waals surface area contributed by atoms with Crippen molar-refractivity contribution in [1.82, 2.24) is 10.3 Å². The molecular formula is C15H15Cl2N3OS. The largest absolute Gasteiger partial charge is 0.497 e. The van der Waals surface area contributed by atoms with Crippen molar-refractivity contribution in [3.05, 3.63) is 51.6 Å². The molecule has 0 fully saturated rings. The van der Waals surface area contributed by atoms with Crippen LogP contribution in [0.5, 0.6) is 5.75 Å². The van der Waals surface area contributed by atoms with Gasteiger partial charge in [0, 0.05) is 6.54 Å². The SMILES string of the molecule is COc1ccc(CNC(=S)Nc2nc(C)c(Cl)cc2Cl)cc1. The van der Waals surface area contributed by atoms with E-state index in [1.165, 1.54) is 0 Å². The summed E-state index contributed by atoms with van der Waals surface area (Å²) in [6.45, 7) is 2.39. The topological polar surface area (TPSA) is 46.2 Å². The Bertz CT molecular complexity index is 677. The van der Waals surface area contributed by atoms with Crippen LogP contribution in [0, 0.1) is 6.92 Å². The van der Waals surface area contributed by atoms with Crippen LogP contribution >= 0.6 is 35.4 Å². The monoisotopic (exact) mass is 355 g/mol. The molecule has 0 spiro atoms. The number of hydrogen-bond donors (Lipinski definition) is 2. The van der Waals surface area contributed by atoms with Gasteiger partial charge < -0.3 is 15.4 Å². The highest BCUT2D eigenvalue weighted by molar-refractivity contribution is 7.80. The highest BCUT2D eigenvalue weighted by Gasteiger charge is 2.08. The number of rotatable bonds is 4. The van der Waals surface area contributed by atoms with Crippen molar-refractivity contribution in [2.24, 2.45) is 0 Å². The molecule has 4 nitrogen and oxygen atoms in total. The number of aryl methyl sites for hydroxylation is 1. The molecule has 7 heteroatoms. The molecule has 0 saturated carbocycles. The molecule has 0 aliphatic carbocycles. The number of benzene rings is 1. The summed E-state index contributed by atoms with van der Waals surface area (Å²) in [5.41, 5.74) is 1.77. The fourth-order valence-corrected chi connectivity index (χ4v) is 2.30. The number of hydrogen-bond acceptors (Lipinski definition) is 3. The quantitative estimate of drug-likeness (QED) is 0.805. The van der Waals surface area contributed by atoms with Crippen LogP contribution in [0.25, 0.3) is 0 Å². The molecular weight excluding hydrogens is 341 g/mol. The van der Waals surface area contributed by atoms with Gasteiger partial charge in [-0.05, 0) is 42.9 Å². The smallest absolute Gasteiger partial charge is 0.172 e. The van der Waals surface area contributed by atoms with Crippen LogP contribution < -0.4 is 15.4 Å². The zero-order valence-electron chi connectivity index (χ0n) is 12.1. The minimum atomic E-state index is 0.421. The van der Waals surface area contributed by atoms with Gasteiger partial charge in [0.05, 0.1) is 22.8 Å². The van der Waals surface area contributed by atoms with Crippen molar-refractivity contribution in [2.45, 2.75) is 13.5 Å². The van der Waals surface area contributed by atoms with E-state index in [9.17, 15) is 0 Å². The Labute approximate surface area is 144 Å². The number of nitrogens with zero attached hydrogens (tertiary/aromatic N) is 1. The van der Waals surface area contributed by atoms with Gasteiger partial charge in [0.15, 0.2) is 10.9 Å². The summed E-state index contributed by atoms with van der Waals surface area (Å²) in [4.78, 5) is 4.27. The summed E-state index contributed by atoms with van der Waals surface area (Å²) in [5, 5.41) is 7.44. The number of aromatic nitrogens is 1. The minimum absolute atomic E-state index is 0.421. The second-order valence-corrected chi connectivity index (χ2v) is 5.76. The molecule has 0 bridgehead atoms. The van der Waals surface area contributed by atoms with Gasteiger partial charge in [0.25, 0.3) is 0 Å². The maximum absolute atomic E-state index is 6.09. The molecule has 0 aliphatic heterocycles. The zero-order valence-corrected chi connectivity index (χ0v) is 14.4. The number of thiocarbonyl (C=S) groups is 1. The van der Waals surface area contributed by atoms with E-state index in [0.29, 0.717) is 33.2 Å². The Morgan fingerprint density at radius 1 is 1.23 bits per heavy atom. The van der Waals surface area contributed by atoms with E-state index in [4.69, 9.17) is 40.2 Å². The average molecular weight is 356 g/mol. The summed E-state index contributed by atoms with van der Waals surface area (Å²) in [5.74, 6) is 1.30. The molecule has 2 aromatic rings. The molecule has 0 radical (unpaired) electrons. The Morgan fingerprint density at radius 2 is 1.91 bits per heavy atom. The van der Waals surface area contributed by atoms with Gasteiger partial charge in [0.1, 0.15) is 5.75 Å². The van der Waals surface area contributed by atoms with Crippen LogP contribution in [-0.4, -0.2) is 17.2 Å². The van der Waals surface area contributed by atoms with Crippen LogP contribution in [0.1, 0.15) is 11.3 Å². The molecule has 1 aromatic heterocycles. The fourth-order valence-electron chi connectivity index (χ4n) is 1.72. The van der Waals surface area contributed by atoms with E-state index in [2.05, 4.69) is 15.6 Å². The van der Waals surface area contributed by atoms with Crippen LogP contribution in [0.3, 0.4) is 0 Å². The summed E-state index contributed by atoms with van der Waals surface area (Å²) < 4.78 is 5.12. The van der Waals surface area contributed by atoms with E-state index >= 15 is 0 Å². The summed E-state index contributed by atoms with van der Waals surface area (Å²) >= 11 is 17.3. The Hall–Kier alpha value is -1.56. The second-order valence-electron chi connectivity index (χ2n) is 4.54. The Kier molecular flexibility index (Phi) is 5.83. The number of nitrogens with one attached hydrogen (secondary N) is 2. The fraction of sp³-hybridized carbons (Fsp3) is 0.200. The van der Waals surface area contributed by atoms with Crippen molar-refractivity contribution in [3.8, 4) is 5.75 Å². The van der Waals surface area contributed by atoms with Gasteiger partial charge in [-0.25, -0.2) is 4.98 Å². The van der Waals surface area contributed by atoms with Gasteiger partial charge in [-0.3, -0.25) is 0 Å². The molecule has 0 aliphatic rings. The number of anilines is 1. The van der Waals surface area contributed by atoms with Gasteiger partial charge in [0.2, 0.25) is 0 Å². The van der Waals surface area contributed by atoms with Crippen LogP contribution in [0.4, 0.5) is 5.82 Å². The van der Waals surface area contributed by atoms with Crippen LogP contribution in [-0.2, 0) is 6.54 Å². The molecule has 22 heavy (non-hydrogen) atoms. The minimum Gasteiger partial charge on any atom is -0.497 e. The van der Waals surface area contributed by atoms with E-state index in [0.717, 1.165) is 11.3 Å². The number of halogens is 2. The maximum Gasteiger partial charge on any atom is 0.172 e. The first-order valence-corrected chi connectivity index (χ1v) is 7.66. The van der Waals surface area contributed by atoms with Crippen molar-refractivity contribution in [1.29, 1.82) is 0 Å². The lowest BCUT2D eigenvalue weighted by molar-refractivity contribution is 0.414. The average Bonchev–Trinajstić information content (AvgIpc) is 2.51. The maximum atomic E-state index is 6.09. The highest BCUT2D eigenvalue weighted by atomic mass is 35.5. The molecule has 0 atom stereocenters. The van der Waals surface area contributed by atoms with E-state index in [1.54, 1.807) is 20.1 Å². The predicted octanol–water partition coefficient (Wildman–Crippen LogP) is 4.19. The van der Waals surface area contributed by atoms with E-state index in [-0.39, 0.29) is 0 Å². The number of ether oxygens (including phenoxy) is 1. The number of pyridine rings is 1. The summed E-state index contributed by atoms with van der Waals surface area (Å²) in [7, 11) is 1.64. The molecule has 2 N–H and O–H groups in total. The third-order valence-electron chi connectivity index (χ3n) is 2.95. The number of methoxy groups -OCH3 is 1. The zero-order chi connectivity index (χ0) is 16.1. The van der Waals surface area contributed by atoms with Crippen molar-refractivity contribution < 1.29 is 4.74 Å². The first kappa shape index (κ1) is 16.8. The summed E-state index contributed by atoms with van der Waals surface area (Å²) in [6.07, 6.45) is 0. The van der Waals surface area contributed by atoms with Gasteiger partial charge >= 0.3 is 0 Å². The van der Waals surface area contributed by atoms with E-state index < -0.39 is 0 Å². The molecule has 116 valence electrons. The second kappa shape index (κ2) is 7.63. The molecule has 0 amide bonds. The third-order valence-corrected chi connectivity index (χ3v) is 3.87. The molecule has 0 saturated heterocycles. The summed E-state index contributed by atoms with van der Waals surface area (Å²) in [6, 6.07) is 9.36. The van der Waals surface area contributed by atoms with Crippen LogP contribution in [0.2, 0.25) is 10.0 Å². The first-order valence-electron chi connectivity index (χ1n) is 6.50. The molecule has 1 heterocycles. The molecule has 2 rings (SSSR count). The molecule has 0 unspecified atom stereocenters. The lowest BCUT2D eigenvalue weighted by Gasteiger charge is -2.12. The molecule has 1 aromatic carbocycles. The lowest BCUT2D eigenvalue weighted by atomic mass is 10.2. The van der Waals surface area contributed by atoms with Crippen molar-refractivity contribution in [3.63, 3.8) is 0 Å². The highest BCUT2D eigenvalue weighted by Crippen LogP contribution is 2.25. The lowest BCUT2D eigenvalue weighted by Crippen LogP contribution is -2.28. The van der Waals surface area contributed by atoms with Crippen molar-refractivity contribution in [2.75, 3.05) is 12.4 Å². The first-order chi connectivity index (χ1) is 10.5. The Balaban J connectivity index is 1.94. The van der Waals surface area contributed by atoms with Gasteiger partial charge in [-0.1, -0.05) is 35.3 Å². The normalized spacial score (nSPS) is 10.2. The Morgan fingerprint density at radius 3 is 2.55 bits per heavy atom.